The fourth-order valence-corrected chi connectivity index (χ4v) is 6.44. The minimum absolute atomic E-state index is 0.0576. The van der Waals surface area contributed by atoms with Gasteiger partial charge in [-0.05, 0) is 56.9 Å². The smallest absolute Gasteiger partial charge is 0.307 e. The third-order valence-electron chi connectivity index (χ3n) is 7.13. The standard InChI is InChI=1S/C23H30N2O4S/c1-12-13(2)30-22(17(12)20(26)24-16-6-4-3-5-7-16)25-21(27)18-14-8-10-15(11-9-14)19(18)23(28)29/h8,10,14-16,18-19H,3-7,9,11H2,1-2H3,(H,24,26)(H,25,27)(H,28,29). The van der Waals surface area contributed by atoms with Gasteiger partial charge in [0.2, 0.25) is 5.91 Å². The third-order valence-corrected chi connectivity index (χ3v) is 8.25. The number of nitrogens with one attached hydrogen (secondary N) is 2. The zero-order valence-electron chi connectivity index (χ0n) is 17.6. The predicted molar refractivity (Wildman–Crippen MR) is 117 cm³/mol. The molecule has 0 spiro atoms. The van der Waals surface area contributed by atoms with Gasteiger partial charge in [0.05, 0.1) is 17.4 Å². The Labute approximate surface area is 181 Å². The number of amides is 2. The van der Waals surface area contributed by atoms with E-state index in [-0.39, 0.29) is 29.7 Å². The largest absolute Gasteiger partial charge is 0.481 e. The van der Waals surface area contributed by atoms with E-state index in [1.165, 1.54) is 17.8 Å². The monoisotopic (exact) mass is 430 g/mol. The second-order valence-corrected chi connectivity index (χ2v) is 10.2. The predicted octanol–water partition coefficient (Wildman–Crippen LogP) is 4.28. The number of rotatable bonds is 5. The normalized spacial score (nSPS) is 28.3. The fourth-order valence-electron chi connectivity index (χ4n) is 5.38. The van der Waals surface area contributed by atoms with Gasteiger partial charge in [-0.3, -0.25) is 14.4 Å². The molecule has 162 valence electrons. The first kappa shape index (κ1) is 21.1. The number of anilines is 1. The van der Waals surface area contributed by atoms with Crippen LogP contribution in [0.4, 0.5) is 5.00 Å². The lowest BCUT2D eigenvalue weighted by Gasteiger charge is -2.41. The number of thiophene rings is 1. The highest BCUT2D eigenvalue weighted by Gasteiger charge is 2.48. The number of carbonyl (C=O) groups excluding carboxylic acids is 2. The summed E-state index contributed by atoms with van der Waals surface area (Å²) in [5.41, 5.74) is 1.41. The van der Waals surface area contributed by atoms with Crippen LogP contribution in [0.15, 0.2) is 12.2 Å². The lowest BCUT2D eigenvalue weighted by atomic mass is 9.62. The number of aliphatic carboxylic acids is 1. The lowest BCUT2D eigenvalue weighted by molar-refractivity contribution is -0.151. The molecule has 2 saturated carbocycles. The van der Waals surface area contributed by atoms with E-state index in [9.17, 15) is 19.5 Å². The maximum absolute atomic E-state index is 13.2. The molecule has 3 N–H and O–H groups in total. The molecule has 1 aromatic heterocycles. The molecule has 4 aliphatic rings. The Balaban J connectivity index is 1.55. The summed E-state index contributed by atoms with van der Waals surface area (Å²) in [4.78, 5) is 39.2. The number of aryl methyl sites for hydroxylation is 1. The van der Waals surface area contributed by atoms with Crippen molar-refractivity contribution in [1.82, 2.24) is 5.32 Å². The summed E-state index contributed by atoms with van der Waals surface area (Å²) >= 11 is 1.40. The maximum atomic E-state index is 13.2. The van der Waals surface area contributed by atoms with Crippen LogP contribution in [0.5, 0.6) is 0 Å². The summed E-state index contributed by atoms with van der Waals surface area (Å²) < 4.78 is 0. The van der Waals surface area contributed by atoms with Crippen molar-refractivity contribution in [2.45, 2.75) is 64.8 Å². The Kier molecular flexibility index (Phi) is 6.00. The minimum Gasteiger partial charge on any atom is -0.481 e. The molecule has 4 atom stereocenters. The van der Waals surface area contributed by atoms with E-state index in [4.69, 9.17) is 0 Å². The van der Waals surface area contributed by atoms with Crippen LogP contribution in [0.1, 0.15) is 65.7 Å². The van der Waals surface area contributed by atoms with Gasteiger partial charge in [0, 0.05) is 10.9 Å². The molecule has 1 aromatic rings. The van der Waals surface area contributed by atoms with Crippen LogP contribution in [0, 0.1) is 37.5 Å². The molecule has 2 amide bonds. The van der Waals surface area contributed by atoms with Crippen molar-refractivity contribution in [3.05, 3.63) is 28.2 Å². The van der Waals surface area contributed by atoms with E-state index in [1.54, 1.807) is 0 Å². The molecular formula is C23H30N2O4S. The van der Waals surface area contributed by atoms with Crippen molar-refractivity contribution in [2.75, 3.05) is 5.32 Å². The Bertz CT molecular complexity index is 884. The van der Waals surface area contributed by atoms with Crippen LogP contribution in [0.2, 0.25) is 0 Å². The molecule has 0 saturated heterocycles. The van der Waals surface area contributed by atoms with E-state index in [2.05, 4.69) is 10.6 Å². The van der Waals surface area contributed by atoms with Gasteiger partial charge in [-0.15, -0.1) is 11.3 Å². The first-order valence-electron chi connectivity index (χ1n) is 11.0. The highest BCUT2D eigenvalue weighted by atomic mass is 32.1. The Morgan fingerprint density at radius 3 is 2.20 bits per heavy atom. The average Bonchev–Trinajstić information content (AvgIpc) is 3.01. The third kappa shape index (κ3) is 3.92. The SMILES string of the molecule is Cc1sc(NC(=O)C2C3C=CC(CC3)C2C(=O)O)c(C(=O)NC2CCCCC2)c1C. The number of carboxylic acids is 1. The number of allylic oxidation sites excluding steroid dienone is 2. The Morgan fingerprint density at radius 2 is 1.60 bits per heavy atom. The first-order chi connectivity index (χ1) is 14.4. The summed E-state index contributed by atoms with van der Waals surface area (Å²) in [5, 5.41) is 16.4. The molecule has 5 rings (SSSR count). The maximum Gasteiger partial charge on any atom is 0.307 e. The van der Waals surface area contributed by atoms with Crippen molar-refractivity contribution in [2.24, 2.45) is 23.7 Å². The molecule has 30 heavy (non-hydrogen) atoms. The topological polar surface area (TPSA) is 95.5 Å². The van der Waals surface area contributed by atoms with Crippen LogP contribution >= 0.6 is 11.3 Å². The second kappa shape index (κ2) is 8.53. The minimum atomic E-state index is -0.914. The van der Waals surface area contributed by atoms with Crippen molar-refractivity contribution in [1.29, 1.82) is 0 Å². The first-order valence-corrected chi connectivity index (χ1v) is 11.8. The number of hydrogen-bond acceptors (Lipinski definition) is 4. The zero-order valence-corrected chi connectivity index (χ0v) is 18.4. The summed E-state index contributed by atoms with van der Waals surface area (Å²) in [6.07, 6.45) is 11.1. The summed E-state index contributed by atoms with van der Waals surface area (Å²) in [6.45, 7) is 3.85. The molecule has 2 fully saturated rings. The number of fused-ring (bicyclic) bond motifs is 2. The quantitative estimate of drug-likeness (QED) is 0.608. The molecule has 1 heterocycles. The van der Waals surface area contributed by atoms with E-state index in [0.717, 1.165) is 49.0 Å². The van der Waals surface area contributed by atoms with Crippen molar-refractivity contribution >= 4 is 34.1 Å². The van der Waals surface area contributed by atoms with Crippen LogP contribution in [0.25, 0.3) is 0 Å². The lowest BCUT2D eigenvalue weighted by Crippen LogP contribution is -2.47. The van der Waals surface area contributed by atoms with Crippen LogP contribution in [0.3, 0.4) is 0 Å². The van der Waals surface area contributed by atoms with Crippen molar-refractivity contribution in [3.63, 3.8) is 0 Å². The van der Waals surface area contributed by atoms with Gasteiger partial charge >= 0.3 is 5.97 Å². The molecule has 4 unspecified atom stereocenters. The van der Waals surface area contributed by atoms with Crippen LogP contribution < -0.4 is 10.6 Å². The number of carbonyl (C=O) groups is 3. The molecule has 2 bridgehead atoms. The Hall–Kier alpha value is -2.15. The Morgan fingerprint density at radius 1 is 0.967 bits per heavy atom. The fraction of sp³-hybridized carbons (Fsp3) is 0.609. The molecule has 0 aromatic carbocycles. The van der Waals surface area contributed by atoms with E-state index >= 15 is 0 Å². The van der Waals surface area contributed by atoms with Crippen LogP contribution in [-0.2, 0) is 9.59 Å². The molecule has 0 radical (unpaired) electrons. The average molecular weight is 431 g/mol. The van der Waals surface area contributed by atoms with Crippen LogP contribution in [-0.4, -0.2) is 28.9 Å². The van der Waals surface area contributed by atoms with Gasteiger partial charge in [0.15, 0.2) is 0 Å². The van der Waals surface area contributed by atoms with Gasteiger partial charge in [-0.25, -0.2) is 0 Å². The highest BCUT2D eigenvalue weighted by Crippen LogP contribution is 2.46. The summed E-state index contributed by atoms with van der Waals surface area (Å²) in [6, 6.07) is 0.185. The molecule has 0 aliphatic heterocycles. The van der Waals surface area contributed by atoms with Crippen molar-refractivity contribution in [3.8, 4) is 0 Å². The van der Waals surface area contributed by atoms with Gasteiger partial charge in [-0.1, -0.05) is 31.4 Å². The highest BCUT2D eigenvalue weighted by molar-refractivity contribution is 7.16. The molecule has 6 nitrogen and oxygen atoms in total. The molecule has 7 heteroatoms. The van der Waals surface area contributed by atoms with Gasteiger partial charge < -0.3 is 15.7 Å². The van der Waals surface area contributed by atoms with E-state index in [0.29, 0.717) is 10.6 Å². The van der Waals surface area contributed by atoms with E-state index in [1.807, 2.05) is 26.0 Å². The van der Waals surface area contributed by atoms with Gasteiger partial charge in [-0.2, -0.15) is 0 Å². The van der Waals surface area contributed by atoms with E-state index < -0.39 is 17.8 Å². The summed E-state index contributed by atoms with van der Waals surface area (Å²) in [7, 11) is 0. The van der Waals surface area contributed by atoms with Gasteiger partial charge in [0.25, 0.3) is 5.91 Å². The molecular weight excluding hydrogens is 400 g/mol. The number of hydrogen-bond donors (Lipinski definition) is 3. The van der Waals surface area contributed by atoms with Crippen molar-refractivity contribution < 1.29 is 19.5 Å². The molecule has 4 aliphatic carbocycles. The second-order valence-electron chi connectivity index (χ2n) is 8.96. The zero-order chi connectivity index (χ0) is 21.4. The summed E-state index contributed by atoms with van der Waals surface area (Å²) in [5.74, 6) is -2.78. The number of carboxylic acid groups (broad SMARTS) is 1. The van der Waals surface area contributed by atoms with Gasteiger partial charge in [0.1, 0.15) is 5.00 Å².